The maximum absolute atomic E-state index is 12.6. The first-order valence-electron chi connectivity index (χ1n) is 8.23. The second kappa shape index (κ2) is 7.56. The molecule has 1 amide bonds. The average Bonchev–Trinajstić information content (AvgIpc) is 2.96. The van der Waals surface area contributed by atoms with E-state index >= 15 is 0 Å². The van der Waals surface area contributed by atoms with Crippen molar-refractivity contribution in [1.82, 2.24) is 0 Å². The van der Waals surface area contributed by atoms with E-state index in [-0.39, 0.29) is 5.91 Å². The van der Waals surface area contributed by atoms with Crippen LogP contribution in [-0.4, -0.2) is 30.0 Å². The minimum Gasteiger partial charge on any atom is -0.427 e. The van der Waals surface area contributed by atoms with Crippen molar-refractivity contribution in [2.75, 3.05) is 16.8 Å². The van der Waals surface area contributed by atoms with E-state index in [4.69, 9.17) is 0 Å². The summed E-state index contributed by atoms with van der Waals surface area (Å²) >= 11 is 0. The number of alkyl halides is 2. The van der Waals surface area contributed by atoms with Crippen LogP contribution in [0.5, 0.6) is 5.75 Å². The quantitative estimate of drug-likeness (QED) is 0.613. The number of carbonyl (C=O) groups excluding carboxylic acids is 1. The summed E-state index contributed by atoms with van der Waals surface area (Å²) in [6.07, 6.45) is 0.509. The second-order valence-electron chi connectivity index (χ2n) is 6.13. The molecule has 0 saturated carbocycles. The largest absolute Gasteiger partial charge is 0.427 e. The zero-order valence-corrected chi connectivity index (χ0v) is 14.4. The normalized spacial score (nSPS) is 16.7. The molecule has 1 heterocycles. The van der Waals surface area contributed by atoms with Crippen LogP contribution >= 0.6 is 0 Å². The Morgan fingerprint density at radius 1 is 1.26 bits per heavy atom. The van der Waals surface area contributed by atoms with Gasteiger partial charge < -0.3 is 15.0 Å². The van der Waals surface area contributed by atoms with E-state index in [1.54, 1.807) is 4.90 Å². The smallest absolute Gasteiger partial charge is 0.387 e. The van der Waals surface area contributed by atoms with Crippen LogP contribution in [0.3, 0.4) is 0 Å². The molecule has 27 heavy (non-hydrogen) atoms. The molecule has 0 aliphatic carbocycles. The Labute approximate surface area is 153 Å². The van der Waals surface area contributed by atoms with E-state index in [1.807, 2.05) is 31.2 Å². The number of nitrogens with one attached hydrogen (secondary N) is 1. The molecule has 142 valence electrons. The van der Waals surface area contributed by atoms with Gasteiger partial charge in [0.25, 0.3) is 0 Å². The number of halogens is 2. The van der Waals surface area contributed by atoms with Gasteiger partial charge in [-0.1, -0.05) is 17.7 Å². The number of nitro benzene ring substituents is 1. The Balaban J connectivity index is 1.76. The number of anilines is 2. The van der Waals surface area contributed by atoms with Crippen LogP contribution in [0.2, 0.25) is 0 Å². The van der Waals surface area contributed by atoms with E-state index in [2.05, 4.69) is 10.1 Å². The summed E-state index contributed by atoms with van der Waals surface area (Å²) in [5.74, 6) is -0.714. The Hall–Kier alpha value is -3.23. The molecule has 0 bridgehead atoms. The van der Waals surface area contributed by atoms with E-state index in [9.17, 15) is 23.7 Å². The fraction of sp³-hybridized carbons (Fsp3) is 0.278. The van der Waals surface area contributed by atoms with Gasteiger partial charge in [-0.3, -0.25) is 14.9 Å². The zero-order chi connectivity index (χ0) is 19.6. The molecule has 1 fully saturated rings. The number of aryl methyl sites for hydroxylation is 1. The molecule has 9 heteroatoms. The van der Waals surface area contributed by atoms with Gasteiger partial charge in [0.05, 0.1) is 4.92 Å². The summed E-state index contributed by atoms with van der Waals surface area (Å²) in [4.78, 5) is 24.4. The number of amides is 1. The Morgan fingerprint density at radius 3 is 2.59 bits per heavy atom. The third-order valence-corrected chi connectivity index (χ3v) is 4.26. The highest BCUT2D eigenvalue weighted by molar-refractivity contribution is 6.01. The SMILES string of the molecule is Cc1ccc(N2CCC(Nc3ccc([N+](=O)[O-])c(OC(F)F)c3)C2=O)cc1. The fourth-order valence-electron chi connectivity index (χ4n) is 2.94. The second-order valence-corrected chi connectivity index (χ2v) is 6.13. The van der Waals surface area contributed by atoms with Crippen LogP contribution in [0.4, 0.5) is 25.8 Å². The van der Waals surface area contributed by atoms with Crippen LogP contribution < -0.4 is 15.0 Å². The summed E-state index contributed by atoms with van der Waals surface area (Å²) in [6, 6.07) is 10.5. The molecule has 1 N–H and O–H groups in total. The average molecular weight is 377 g/mol. The molecular formula is C18H17F2N3O4. The molecule has 3 rings (SSSR count). The monoisotopic (exact) mass is 377 g/mol. The molecular weight excluding hydrogens is 360 g/mol. The standard InChI is InChI=1S/C18H17F2N3O4/c1-11-2-5-13(6-3-11)22-9-8-14(17(22)24)21-12-4-7-15(23(25)26)16(10-12)27-18(19)20/h2-7,10,14,18,21H,8-9H2,1H3. The van der Waals surface area contributed by atoms with Crippen molar-refractivity contribution in [1.29, 1.82) is 0 Å². The molecule has 0 aromatic heterocycles. The Bertz CT molecular complexity index is 858. The number of benzene rings is 2. The number of hydrogen-bond donors (Lipinski definition) is 1. The number of ether oxygens (including phenoxy) is 1. The molecule has 2 aromatic carbocycles. The minimum absolute atomic E-state index is 0.159. The van der Waals surface area contributed by atoms with Gasteiger partial charge in [-0.2, -0.15) is 8.78 Å². The van der Waals surface area contributed by atoms with Gasteiger partial charge in [-0.25, -0.2) is 0 Å². The van der Waals surface area contributed by atoms with E-state index in [1.165, 1.54) is 6.07 Å². The van der Waals surface area contributed by atoms with Crippen molar-refractivity contribution in [3.63, 3.8) is 0 Å². The highest BCUT2D eigenvalue weighted by Gasteiger charge is 2.32. The van der Waals surface area contributed by atoms with Gasteiger partial charge in [0.1, 0.15) is 6.04 Å². The van der Waals surface area contributed by atoms with Gasteiger partial charge >= 0.3 is 12.3 Å². The van der Waals surface area contributed by atoms with Crippen molar-refractivity contribution < 1.29 is 23.2 Å². The molecule has 7 nitrogen and oxygen atoms in total. The molecule has 1 saturated heterocycles. The summed E-state index contributed by atoms with van der Waals surface area (Å²) in [5, 5.41) is 13.9. The van der Waals surface area contributed by atoms with Crippen molar-refractivity contribution in [2.24, 2.45) is 0 Å². The van der Waals surface area contributed by atoms with Gasteiger partial charge in [0.15, 0.2) is 0 Å². The number of nitrogens with zero attached hydrogens (tertiary/aromatic N) is 2. The molecule has 1 aliphatic heterocycles. The molecule has 0 radical (unpaired) electrons. The maximum atomic E-state index is 12.6. The molecule has 1 aliphatic rings. The van der Waals surface area contributed by atoms with Crippen LogP contribution in [0.1, 0.15) is 12.0 Å². The van der Waals surface area contributed by atoms with Gasteiger partial charge in [0, 0.05) is 30.1 Å². The summed E-state index contributed by atoms with van der Waals surface area (Å²) < 4.78 is 29.2. The topological polar surface area (TPSA) is 84.7 Å². The van der Waals surface area contributed by atoms with Gasteiger partial charge in [-0.15, -0.1) is 0 Å². The molecule has 1 unspecified atom stereocenters. The zero-order valence-electron chi connectivity index (χ0n) is 14.4. The molecule has 1 atom stereocenters. The predicted octanol–water partition coefficient (Wildman–Crippen LogP) is 3.72. The molecule has 0 spiro atoms. The first-order valence-corrected chi connectivity index (χ1v) is 8.23. The fourth-order valence-corrected chi connectivity index (χ4v) is 2.94. The van der Waals surface area contributed by atoms with Gasteiger partial charge in [-0.05, 0) is 31.5 Å². The first kappa shape index (κ1) is 18.6. The summed E-state index contributed by atoms with van der Waals surface area (Å²) in [6.45, 7) is -0.732. The highest BCUT2D eigenvalue weighted by atomic mass is 19.3. The lowest BCUT2D eigenvalue weighted by Crippen LogP contribution is -2.33. The minimum atomic E-state index is -3.19. The maximum Gasteiger partial charge on any atom is 0.387 e. The first-order chi connectivity index (χ1) is 12.8. The number of rotatable bonds is 6. The third kappa shape index (κ3) is 4.13. The van der Waals surface area contributed by atoms with Crippen LogP contribution in [0.25, 0.3) is 0 Å². The Kier molecular flexibility index (Phi) is 5.20. The lowest BCUT2D eigenvalue weighted by atomic mass is 10.2. The van der Waals surface area contributed by atoms with Crippen molar-refractivity contribution in [2.45, 2.75) is 26.0 Å². The van der Waals surface area contributed by atoms with Crippen molar-refractivity contribution in [3.8, 4) is 5.75 Å². The van der Waals surface area contributed by atoms with Crippen molar-refractivity contribution in [3.05, 3.63) is 58.1 Å². The van der Waals surface area contributed by atoms with E-state index in [0.717, 1.165) is 23.4 Å². The lowest BCUT2D eigenvalue weighted by molar-refractivity contribution is -0.386. The number of nitro groups is 1. The highest BCUT2D eigenvalue weighted by Crippen LogP contribution is 2.32. The summed E-state index contributed by atoms with van der Waals surface area (Å²) in [7, 11) is 0. The van der Waals surface area contributed by atoms with E-state index in [0.29, 0.717) is 18.7 Å². The van der Waals surface area contributed by atoms with Crippen LogP contribution in [0, 0.1) is 17.0 Å². The van der Waals surface area contributed by atoms with Gasteiger partial charge in [0.2, 0.25) is 11.7 Å². The van der Waals surface area contributed by atoms with E-state index < -0.39 is 29.0 Å². The molecule has 2 aromatic rings. The number of carbonyl (C=O) groups is 1. The third-order valence-electron chi connectivity index (χ3n) is 4.26. The van der Waals surface area contributed by atoms with Crippen LogP contribution in [-0.2, 0) is 4.79 Å². The van der Waals surface area contributed by atoms with Crippen LogP contribution in [0.15, 0.2) is 42.5 Å². The Morgan fingerprint density at radius 2 is 1.96 bits per heavy atom. The number of hydrogen-bond acceptors (Lipinski definition) is 5. The lowest BCUT2D eigenvalue weighted by Gasteiger charge is -2.18. The predicted molar refractivity (Wildman–Crippen MR) is 95.3 cm³/mol. The van der Waals surface area contributed by atoms with Crippen molar-refractivity contribution >= 4 is 23.0 Å². The summed E-state index contributed by atoms with van der Waals surface area (Å²) in [5.41, 5.74) is 1.58.